The molecule has 1 aliphatic carbocycles. The maximum absolute atomic E-state index is 5.50. The summed E-state index contributed by atoms with van der Waals surface area (Å²) >= 11 is 0. The lowest BCUT2D eigenvalue weighted by Gasteiger charge is -2.34. The standard InChI is InChI=1S/C15H25NO/c1-4-16-14(11-12-7-6-10-17-12)13-8-5-9-15(13,2)3/h6-7,10,13-14,16H,4-5,8-9,11H2,1-3H3. The van der Waals surface area contributed by atoms with Crippen LogP contribution in [0.3, 0.4) is 0 Å². The van der Waals surface area contributed by atoms with Crippen molar-refractivity contribution in [3.05, 3.63) is 24.2 Å². The van der Waals surface area contributed by atoms with Crippen LogP contribution >= 0.6 is 0 Å². The van der Waals surface area contributed by atoms with E-state index >= 15 is 0 Å². The molecule has 1 saturated carbocycles. The Hall–Kier alpha value is -0.760. The number of likely N-dealkylation sites (N-methyl/N-ethyl adjacent to an activating group) is 1. The molecular weight excluding hydrogens is 210 g/mol. The summed E-state index contributed by atoms with van der Waals surface area (Å²) in [6.07, 6.45) is 6.88. The third-order valence-corrected chi connectivity index (χ3v) is 4.29. The zero-order chi connectivity index (χ0) is 12.3. The maximum atomic E-state index is 5.50. The summed E-state index contributed by atoms with van der Waals surface area (Å²) in [7, 11) is 0. The Kier molecular flexibility index (Phi) is 3.93. The highest BCUT2D eigenvalue weighted by Crippen LogP contribution is 2.44. The van der Waals surface area contributed by atoms with Crippen LogP contribution in [-0.2, 0) is 6.42 Å². The van der Waals surface area contributed by atoms with E-state index in [0.29, 0.717) is 11.5 Å². The summed E-state index contributed by atoms with van der Waals surface area (Å²) in [5.41, 5.74) is 0.472. The summed E-state index contributed by atoms with van der Waals surface area (Å²) in [5, 5.41) is 3.66. The molecule has 1 aliphatic rings. The SMILES string of the molecule is CCNC(Cc1ccco1)C1CCCC1(C)C. The van der Waals surface area contributed by atoms with Crippen LogP contribution in [0.2, 0.25) is 0 Å². The average molecular weight is 235 g/mol. The molecule has 2 unspecified atom stereocenters. The lowest BCUT2D eigenvalue weighted by Crippen LogP contribution is -2.42. The van der Waals surface area contributed by atoms with Crippen molar-refractivity contribution in [3.8, 4) is 0 Å². The molecule has 2 heteroatoms. The Morgan fingerprint density at radius 1 is 1.53 bits per heavy atom. The number of hydrogen-bond donors (Lipinski definition) is 1. The van der Waals surface area contributed by atoms with E-state index in [-0.39, 0.29) is 0 Å². The highest BCUT2D eigenvalue weighted by Gasteiger charge is 2.39. The van der Waals surface area contributed by atoms with Gasteiger partial charge in [-0.15, -0.1) is 0 Å². The van der Waals surface area contributed by atoms with Crippen LogP contribution in [0.4, 0.5) is 0 Å². The molecule has 2 rings (SSSR count). The van der Waals surface area contributed by atoms with E-state index in [2.05, 4.69) is 32.2 Å². The second-order valence-electron chi connectivity index (χ2n) is 5.93. The molecule has 0 amide bonds. The summed E-state index contributed by atoms with van der Waals surface area (Å²) in [6.45, 7) is 8.06. The predicted octanol–water partition coefficient (Wildman–Crippen LogP) is 3.63. The second kappa shape index (κ2) is 5.26. The molecule has 1 N–H and O–H groups in total. The lowest BCUT2D eigenvalue weighted by atomic mass is 9.76. The molecule has 0 spiro atoms. The van der Waals surface area contributed by atoms with Gasteiger partial charge in [0, 0.05) is 12.5 Å². The van der Waals surface area contributed by atoms with Crippen molar-refractivity contribution in [1.82, 2.24) is 5.32 Å². The highest BCUT2D eigenvalue weighted by atomic mass is 16.3. The van der Waals surface area contributed by atoms with Crippen LogP contribution in [0.25, 0.3) is 0 Å². The van der Waals surface area contributed by atoms with Gasteiger partial charge in [-0.2, -0.15) is 0 Å². The van der Waals surface area contributed by atoms with Gasteiger partial charge in [-0.1, -0.05) is 27.2 Å². The van der Waals surface area contributed by atoms with Crippen molar-refractivity contribution in [2.75, 3.05) is 6.54 Å². The molecule has 0 radical (unpaired) electrons. The molecule has 0 bridgehead atoms. The Morgan fingerprint density at radius 2 is 2.35 bits per heavy atom. The third-order valence-electron chi connectivity index (χ3n) is 4.29. The largest absolute Gasteiger partial charge is 0.469 e. The fourth-order valence-corrected chi connectivity index (χ4v) is 3.36. The van der Waals surface area contributed by atoms with Crippen LogP contribution in [0.1, 0.15) is 45.8 Å². The zero-order valence-corrected chi connectivity index (χ0v) is 11.3. The van der Waals surface area contributed by atoms with Gasteiger partial charge in [0.2, 0.25) is 0 Å². The fourth-order valence-electron chi connectivity index (χ4n) is 3.36. The van der Waals surface area contributed by atoms with Gasteiger partial charge in [0.05, 0.1) is 6.26 Å². The molecule has 2 nitrogen and oxygen atoms in total. The van der Waals surface area contributed by atoms with Gasteiger partial charge in [-0.05, 0) is 42.9 Å². The molecule has 1 fully saturated rings. The minimum absolute atomic E-state index is 0.472. The first-order valence-electron chi connectivity index (χ1n) is 6.89. The van der Waals surface area contributed by atoms with Crippen molar-refractivity contribution in [1.29, 1.82) is 0 Å². The van der Waals surface area contributed by atoms with E-state index in [9.17, 15) is 0 Å². The first-order valence-corrected chi connectivity index (χ1v) is 6.89. The molecule has 1 aromatic rings. The Balaban J connectivity index is 2.06. The quantitative estimate of drug-likeness (QED) is 0.843. The van der Waals surface area contributed by atoms with E-state index in [0.717, 1.165) is 24.6 Å². The first kappa shape index (κ1) is 12.7. The Morgan fingerprint density at radius 3 is 2.88 bits per heavy atom. The van der Waals surface area contributed by atoms with Gasteiger partial charge in [-0.25, -0.2) is 0 Å². The summed E-state index contributed by atoms with van der Waals surface area (Å²) in [4.78, 5) is 0. The second-order valence-corrected chi connectivity index (χ2v) is 5.93. The molecule has 1 aromatic heterocycles. The van der Waals surface area contributed by atoms with Crippen LogP contribution in [0.5, 0.6) is 0 Å². The molecule has 0 aromatic carbocycles. The molecular formula is C15H25NO. The van der Waals surface area contributed by atoms with E-state index in [1.54, 1.807) is 6.26 Å². The summed E-state index contributed by atoms with van der Waals surface area (Å²) in [6, 6.07) is 4.63. The highest BCUT2D eigenvalue weighted by molar-refractivity contribution is 5.03. The number of nitrogens with one attached hydrogen (secondary N) is 1. The van der Waals surface area contributed by atoms with Crippen molar-refractivity contribution in [2.24, 2.45) is 11.3 Å². The fraction of sp³-hybridized carbons (Fsp3) is 0.733. The van der Waals surface area contributed by atoms with Gasteiger partial charge in [-0.3, -0.25) is 0 Å². The van der Waals surface area contributed by atoms with Gasteiger partial charge in [0.25, 0.3) is 0 Å². The molecule has 96 valence electrons. The summed E-state index contributed by atoms with van der Waals surface area (Å²) < 4.78 is 5.50. The minimum Gasteiger partial charge on any atom is -0.469 e. The normalized spacial score (nSPS) is 25.0. The molecule has 17 heavy (non-hydrogen) atoms. The molecule has 2 atom stereocenters. The van der Waals surface area contributed by atoms with Gasteiger partial charge in [0.1, 0.15) is 5.76 Å². The number of furan rings is 1. The topological polar surface area (TPSA) is 25.2 Å². The average Bonchev–Trinajstić information content (AvgIpc) is 2.86. The van der Waals surface area contributed by atoms with E-state index in [4.69, 9.17) is 4.42 Å². The predicted molar refractivity (Wildman–Crippen MR) is 71.0 cm³/mol. The Bertz CT molecular complexity index is 329. The maximum Gasteiger partial charge on any atom is 0.105 e. The van der Waals surface area contributed by atoms with Crippen LogP contribution in [0, 0.1) is 11.3 Å². The molecule has 1 heterocycles. The van der Waals surface area contributed by atoms with Crippen LogP contribution < -0.4 is 5.32 Å². The van der Waals surface area contributed by atoms with Crippen molar-refractivity contribution in [2.45, 2.75) is 52.5 Å². The zero-order valence-electron chi connectivity index (χ0n) is 11.3. The molecule has 0 aliphatic heterocycles. The summed E-state index contributed by atoms with van der Waals surface area (Å²) in [5.74, 6) is 1.88. The smallest absolute Gasteiger partial charge is 0.105 e. The third kappa shape index (κ3) is 2.92. The van der Waals surface area contributed by atoms with Gasteiger partial charge >= 0.3 is 0 Å². The number of rotatable bonds is 5. The van der Waals surface area contributed by atoms with Crippen molar-refractivity contribution >= 4 is 0 Å². The monoisotopic (exact) mass is 235 g/mol. The lowest BCUT2D eigenvalue weighted by molar-refractivity contribution is 0.192. The Labute approximate surface area is 105 Å². The first-order chi connectivity index (χ1) is 8.13. The minimum atomic E-state index is 0.472. The van der Waals surface area contributed by atoms with E-state index in [1.165, 1.54) is 19.3 Å². The van der Waals surface area contributed by atoms with Crippen LogP contribution in [-0.4, -0.2) is 12.6 Å². The van der Waals surface area contributed by atoms with Gasteiger partial charge < -0.3 is 9.73 Å². The van der Waals surface area contributed by atoms with E-state index < -0.39 is 0 Å². The number of hydrogen-bond acceptors (Lipinski definition) is 2. The van der Waals surface area contributed by atoms with Crippen molar-refractivity contribution < 1.29 is 4.42 Å². The van der Waals surface area contributed by atoms with Crippen LogP contribution in [0.15, 0.2) is 22.8 Å². The van der Waals surface area contributed by atoms with Gasteiger partial charge in [0.15, 0.2) is 0 Å². The van der Waals surface area contributed by atoms with Crippen molar-refractivity contribution in [3.63, 3.8) is 0 Å². The van der Waals surface area contributed by atoms with E-state index in [1.807, 2.05) is 6.07 Å². The molecule has 0 saturated heterocycles.